The van der Waals surface area contributed by atoms with Crippen LogP contribution in [0.1, 0.15) is 11.5 Å². The molecule has 108 valence electrons. The third kappa shape index (κ3) is 2.26. The number of halogens is 2. The van der Waals surface area contributed by atoms with E-state index in [1.807, 2.05) is 0 Å². The van der Waals surface area contributed by atoms with Crippen LogP contribution in [0.15, 0.2) is 27.6 Å². The summed E-state index contributed by atoms with van der Waals surface area (Å²) in [7, 11) is -2.85. The average Bonchev–Trinajstić information content (AvgIpc) is 2.68. The highest BCUT2D eigenvalue weighted by molar-refractivity contribution is 7.92. The molecule has 0 spiro atoms. The van der Waals surface area contributed by atoms with Crippen LogP contribution in [-0.4, -0.2) is 20.6 Å². The van der Waals surface area contributed by atoms with Gasteiger partial charge >= 0.3 is 0 Å². The molecule has 0 amide bonds. The molecule has 2 rings (SSSR count). The second kappa shape index (κ2) is 4.86. The van der Waals surface area contributed by atoms with Crippen molar-refractivity contribution in [3.63, 3.8) is 0 Å². The van der Waals surface area contributed by atoms with E-state index in [2.05, 4.69) is 5.16 Å². The highest BCUT2D eigenvalue weighted by Crippen LogP contribution is 2.28. The first kappa shape index (κ1) is 14.4. The molecule has 0 atom stereocenters. The Morgan fingerprint density at radius 2 is 1.90 bits per heavy atom. The van der Waals surface area contributed by atoms with Crippen molar-refractivity contribution in [1.82, 2.24) is 5.16 Å². The van der Waals surface area contributed by atoms with Gasteiger partial charge in [-0.2, -0.15) is 0 Å². The minimum Gasteiger partial charge on any atom is -0.360 e. The van der Waals surface area contributed by atoms with E-state index in [9.17, 15) is 17.2 Å². The van der Waals surface area contributed by atoms with Gasteiger partial charge in [-0.1, -0.05) is 5.16 Å². The van der Waals surface area contributed by atoms with Crippen molar-refractivity contribution >= 4 is 15.7 Å². The number of rotatable bonds is 3. The number of aromatic nitrogens is 1. The van der Waals surface area contributed by atoms with Crippen molar-refractivity contribution < 1.29 is 21.7 Å². The van der Waals surface area contributed by atoms with Crippen LogP contribution in [0.3, 0.4) is 0 Å². The first-order valence-electron chi connectivity index (χ1n) is 5.62. The summed E-state index contributed by atoms with van der Waals surface area (Å²) < 4.78 is 57.0. The number of hydrogen-bond donors (Lipinski definition) is 0. The second-order valence-corrected chi connectivity index (χ2v) is 6.13. The Labute approximate surface area is 114 Å². The van der Waals surface area contributed by atoms with Crippen molar-refractivity contribution in [1.29, 1.82) is 0 Å². The smallest absolute Gasteiger partial charge is 0.269 e. The van der Waals surface area contributed by atoms with E-state index < -0.39 is 21.7 Å². The lowest BCUT2D eigenvalue weighted by Crippen LogP contribution is -2.28. The molecule has 0 aliphatic rings. The highest BCUT2D eigenvalue weighted by atomic mass is 32.2. The molecule has 0 aliphatic heterocycles. The zero-order valence-electron chi connectivity index (χ0n) is 11.0. The zero-order valence-corrected chi connectivity index (χ0v) is 11.8. The topological polar surface area (TPSA) is 63.4 Å². The normalized spacial score (nSPS) is 11.7. The molecule has 0 saturated carbocycles. The molecule has 0 fully saturated rings. The van der Waals surface area contributed by atoms with E-state index in [-0.39, 0.29) is 22.0 Å². The lowest BCUT2D eigenvalue weighted by atomic mass is 10.3. The zero-order chi connectivity index (χ0) is 15.1. The third-order valence-corrected chi connectivity index (χ3v) is 4.85. The van der Waals surface area contributed by atoms with E-state index in [4.69, 9.17) is 4.52 Å². The van der Waals surface area contributed by atoms with E-state index in [0.717, 1.165) is 16.4 Å². The molecule has 0 N–H and O–H groups in total. The summed E-state index contributed by atoms with van der Waals surface area (Å²) in [6.07, 6.45) is 0. The van der Waals surface area contributed by atoms with E-state index in [1.54, 1.807) is 0 Å². The molecule has 0 aliphatic carbocycles. The average molecular weight is 302 g/mol. The fraction of sp³-hybridized carbons (Fsp3) is 0.250. The largest absolute Gasteiger partial charge is 0.360 e. The SMILES string of the molecule is Cc1noc(C)c1S(=O)(=O)N(C)c1ccc(F)cc1F. The summed E-state index contributed by atoms with van der Waals surface area (Å²) in [5.74, 6) is -1.64. The van der Waals surface area contributed by atoms with Gasteiger partial charge in [-0.3, -0.25) is 4.31 Å². The lowest BCUT2D eigenvalue weighted by molar-refractivity contribution is 0.390. The van der Waals surface area contributed by atoms with Crippen molar-refractivity contribution in [3.8, 4) is 0 Å². The van der Waals surface area contributed by atoms with Gasteiger partial charge in [-0.25, -0.2) is 17.2 Å². The van der Waals surface area contributed by atoms with Gasteiger partial charge < -0.3 is 4.52 Å². The quantitative estimate of drug-likeness (QED) is 0.873. The van der Waals surface area contributed by atoms with Crippen LogP contribution in [0.5, 0.6) is 0 Å². The molecule has 0 saturated heterocycles. The Morgan fingerprint density at radius 1 is 1.25 bits per heavy atom. The Balaban J connectivity index is 2.55. The number of anilines is 1. The molecule has 1 heterocycles. The molecule has 1 aromatic carbocycles. The number of nitrogens with zero attached hydrogens (tertiary/aromatic N) is 2. The van der Waals surface area contributed by atoms with Gasteiger partial charge in [0.1, 0.15) is 17.3 Å². The Bertz CT molecular complexity index is 737. The summed E-state index contributed by atoms with van der Waals surface area (Å²) in [6, 6.07) is 2.66. The number of sulfonamides is 1. The monoisotopic (exact) mass is 302 g/mol. The van der Waals surface area contributed by atoms with Crippen LogP contribution in [0.4, 0.5) is 14.5 Å². The molecule has 5 nitrogen and oxygen atoms in total. The summed E-state index contributed by atoms with van der Waals surface area (Å²) >= 11 is 0. The molecular weight excluding hydrogens is 290 g/mol. The molecule has 0 bridgehead atoms. The third-order valence-electron chi connectivity index (χ3n) is 2.84. The first-order chi connectivity index (χ1) is 9.25. The van der Waals surface area contributed by atoms with Gasteiger partial charge in [-0.15, -0.1) is 0 Å². The van der Waals surface area contributed by atoms with E-state index >= 15 is 0 Å². The first-order valence-corrected chi connectivity index (χ1v) is 7.06. The summed E-state index contributed by atoms with van der Waals surface area (Å²) in [5.41, 5.74) is -0.0803. The Hall–Kier alpha value is -1.96. The lowest BCUT2D eigenvalue weighted by Gasteiger charge is -2.19. The van der Waals surface area contributed by atoms with Gasteiger partial charge in [0.25, 0.3) is 10.0 Å². The number of hydrogen-bond acceptors (Lipinski definition) is 4. The molecule has 2 aromatic rings. The second-order valence-electron chi connectivity index (χ2n) is 4.22. The number of benzene rings is 1. The maximum Gasteiger partial charge on any atom is 0.269 e. The standard InChI is InChI=1S/C12H12F2N2O3S/c1-7-12(8(2)19-15-7)20(17,18)16(3)11-5-4-9(13)6-10(11)14/h4-6H,1-3H3. The fourth-order valence-electron chi connectivity index (χ4n) is 1.85. The molecule has 8 heteroatoms. The van der Waals surface area contributed by atoms with Crippen LogP contribution >= 0.6 is 0 Å². The van der Waals surface area contributed by atoms with Gasteiger partial charge in [0, 0.05) is 13.1 Å². The van der Waals surface area contributed by atoms with Gasteiger partial charge in [0.2, 0.25) is 0 Å². The maximum absolute atomic E-state index is 13.7. The van der Waals surface area contributed by atoms with Crippen molar-refractivity contribution in [2.24, 2.45) is 0 Å². The van der Waals surface area contributed by atoms with Crippen LogP contribution < -0.4 is 4.31 Å². The molecule has 20 heavy (non-hydrogen) atoms. The van der Waals surface area contributed by atoms with Crippen molar-refractivity contribution in [2.45, 2.75) is 18.7 Å². The predicted molar refractivity (Wildman–Crippen MR) is 67.9 cm³/mol. The van der Waals surface area contributed by atoms with Crippen LogP contribution in [0.2, 0.25) is 0 Å². The summed E-state index contributed by atoms with van der Waals surface area (Å²) in [5, 5.41) is 3.56. The van der Waals surface area contributed by atoms with Gasteiger partial charge in [0.15, 0.2) is 10.7 Å². The molecule has 0 unspecified atom stereocenters. The number of aryl methyl sites for hydroxylation is 2. The van der Waals surface area contributed by atoms with Crippen molar-refractivity contribution in [2.75, 3.05) is 11.4 Å². The van der Waals surface area contributed by atoms with E-state index in [1.165, 1.54) is 20.9 Å². The minimum absolute atomic E-state index is 0.108. The van der Waals surface area contributed by atoms with Gasteiger partial charge in [-0.05, 0) is 26.0 Å². The maximum atomic E-state index is 13.7. The van der Waals surface area contributed by atoms with Gasteiger partial charge in [0.05, 0.1) is 5.69 Å². The predicted octanol–water partition coefficient (Wildman–Crippen LogP) is 2.39. The molecule has 1 aromatic heterocycles. The Kier molecular flexibility index (Phi) is 3.51. The summed E-state index contributed by atoms with van der Waals surface area (Å²) in [4.78, 5) is -0.122. The summed E-state index contributed by atoms with van der Waals surface area (Å²) in [6.45, 7) is 2.92. The van der Waals surface area contributed by atoms with Crippen molar-refractivity contribution in [3.05, 3.63) is 41.3 Å². The fourth-order valence-corrected chi connectivity index (χ4v) is 3.34. The highest BCUT2D eigenvalue weighted by Gasteiger charge is 2.30. The van der Waals surface area contributed by atoms with Crippen LogP contribution in [0, 0.1) is 25.5 Å². The van der Waals surface area contributed by atoms with E-state index in [0.29, 0.717) is 6.07 Å². The molecular formula is C12H12F2N2O3S. The van der Waals surface area contributed by atoms with Crippen LogP contribution in [-0.2, 0) is 10.0 Å². The minimum atomic E-state index is -4.03. The molecule has 0 radical (unpaired) electrons. The Morgan fingerprint density at radius 3 is 2.40 bits per heavy atom. The van der Waals surface area contributed by atoms with Crippen LogP contribution in [0.25, 0.3) is 0 Å².